The third-order valence-corrected chi connectivity index (χ3v) is 5.75. The predicted molar refractivity (Wildman–Crippen MR) is 124 cm³/mol. The number of hydroxylamine groups is 1. The van der Waals surface area contributed by atoms with Crippen molar-refractivity contribution < 1.29 is 23.5 Å². The van der Waals surface area contributed by atoms with Gasteiger partial charge in [0.15, 0.2) is 17.9 Å². The van der Waals surface area contributed by atoms with E-state index in [2.05, 4.69) is 25.7 Å². The van der Waals surface area contributed by atoms with Crippen LogP contribution in [-0.4, -0.2) is 59.9 Å². The second-order valence-electron chi connectivity index (χ2n) is 8.37. The highest BCUT2D eigenvalue weighted by molar-refractivity contribution is 5.90. The number of methoxy groups -OCH3 is 1. The molecule has 4 rings (SSSR count). The van der Waals surface area contributed by atoms with E-state index in [0.717, 1.165) is 50.9 Å². The predicted octanol–water partition coefficient (Wildman–Crippen LogP) is 2.90. The number of nitrogens with one attached hydrogen (secondary N) is 2. The zero-order chi connectivity index (χ0) is 23.8. The van der Waals surface area contributed by atoms with Crippen LogP contribution in [0.15, 0.2) is 36.7 Å². The van der Waals surface area contributed by atoms with Gasteiger partial charge in [-0.2, -0.15) is 0 Å². The summed E-state index contributed by atoms with van der Waals surface area (Å²) in [5, 5.41) is 3.40. The Kier molecular flexibility index (Phi) is 8.40. The number of benzene rings is 1. The number of anilines is 1. The molecule has 1 amide bonds. The van der Waals surface area contributed by atoms with Crippen LogP contribution >= 0.6 is 0 Å². The van der Waals surface area contributed by atoms with Crippen molar-refractivity contribution in [1.82, 2.24) is 20.3 Å². The topological polar surface area (TPSA) is 97.8 Å². The summed E-state index contributed by atoms with van der Waals surface area (Å²) < 4.78 is 24.1. The number of aromatic nitrogens is 2. The van der Waals surface area contributed by atoms with Crippen LogP contribution in [0.3, 0.4) is 0 Å². The lowest BCUT2D eigenvalue weighted by Crippen LogP contribution is -2.32. The number of carbonyl (C=O) groups excluding carboxylic acids is 1. The van der Waals surface area contributed by atoms with Crippen molar-refractivity contribution in [3.05, 3.63) is 53.7 Å². The molecule has 0 saturated carbocycles. The van der Waals surface area contributed by atoms with Crippen molar-refractivity contribution in [2.45, 2.75) is 44.6 Å². The number of rotatable bonds is 9. The zero-order valence-electron chi connectivity index (χ0n) is 19.2. The summed E-state index contributed by atoms with van der Waals surface area (Å²) in [5.41, 5.74) is 3.94. The number of carbonyl (C=O) groups is 1. The monoisotopic (exact) mass is 471 g/mol. The smallest absolute Gasteiger partial charge is 0.267 e. The minimum atomic E-state index is -0.388. The van der Waals surface area contributed by atoms with Crippen LogP contribution in [0.25, 0.3) is 6.08 Å². The maximum atomic E-state index is 13.6. The maximum absolute atomic E-state index is 13.6. The van der Waals surface area contributed by atoms with Crippen molar-refractivity contribution in [3.63, 3.8) is 0 Å². The summed E-state index contributed by atoms with van der Waals surface area (Å²) in [6.45, 7) is 3.14. The summed E-state index contributed by atoms with van der Waals surface area (Å²) in [7, 11) is 1.47. The molecule has 2 aromatic rings. The third-order valence-electron chi connectivity index (χ3n) is 5.75. The van der Waals surface area contributed by atoms with Crippen molar-refractivity contribution >= 4 is 17.8 Å². The summed E-state index contributed by atoms with van der Waals surface area (Å²) in [6, 6.07) is 5.20. The van der Waals surface area contributed by atoms with Gasteiger partial charge in [0.1, 0.15) is 5.82 Å². The van der Waals surface area contributed by atoms with E-state index in [1.165, 1.54) is 19.3 Å². The molecule has 34 heavy (non-hydrogen) atoms. The molecule has 2 aliphatic heterocycles. The Bertz CT molecular complexity index is 982. The van der Waals surface area contributed by atoms with E-state index < -0.39 is 0 Å². The molecular formula is C24H30FN5O4. The first-order valence-electron chi connectivity index (χ1n) is 11.5. The first kappa shape index (κ1) is 24.1. The molecule has 0 spiro atoms. The van der Waals surface area contributed by atoms with Gasteiger partial charge in [-0.3, -0.25) is 14.7 Å². The van der Waals surface area contributed by atoms with Gasteiger partial charge in [-0.1, -0.05) is 6.07 Å². The Balaban J connectivity index is 1.20. The van der Waals surface area contributed by atoms with E-state index in [9.17, 15) is 9.18 Å². The van der Waals surface area contributed by atoms with Crippen LogP contribution in [0.2, 0.25) is 0 Å². The van der Waals surface area contributed by atoms with Crippen LogP contribution in [-0.2, 0) is 20.9 Å². The van der Waals surface area contributed by atoms with Crippen LogP contribution in [0, 0.1) is 5.82 Å². The summed E-state index contributed by atoms with van der Waals surface area (Å²) >= 11 is 0. The van der Waals surface area contributed by atoms with Gasteiger partial charge in [0.25, 0.3) is 5.91 Å². The van der Waals surface area contributed by atoms with E-state index >= 15 is 0 Å². The molecule has 10 heteroatoms. The van der Waals surface area contributed by atoms with Crippen LogP contribution in [0.1, 0.15) is 36.9 Å². The van der Waals surface area contributed by atoms with Gasteiger partial charge in [-0.25, -0.2) is 19.7 Å². The molecular weight excluding hydrogens is 441 g/mol. The molecule has 1 aromatic heterocycles. The highest BCUT2D eigenvalue weighted by Gasteiger charge is 2.23. The molecule has 2 atom stereocenters. The van der Waals surface area contributed by atoms with E-state index in [4.69, 9.17) is 14.3 Å². The average molecular weight is 472 g/mol. The number of nitrogens with zero attached hydrogens (tertiary/aromatic N) is 3. The molecule has 3 heterocycles. The quantitative estimate of drug-likeness (QED) is 0.426. The molecule has 2 fully saturated rings. The van der Waals surface area contributed by atoms with Crippen LogP contribution < -0.4 is 15.5 Å². The number of halogens is 1. The van der Waals surface area contributed by atoms with E-state index in [-0.39, 0.29) is 29.8 Å². The van der Waals surface area contributed by atoms with Crippen molar-refractivity contribution in [1.29, 1.82) is 0 Å². The molecule has 2 N–H and O–H groups in total. The maximum Gasteiger partial charge on any atom is 0.267 e. The second kappa shape index (κ2) is 11.9. The minimum Gasteiger partial charge on any atom is -0.494 e. The van der Waals surface area contributed by atoms with Crippen LogP contribution in [0.5, 0.6) is 5.75 Å². The number of ether oxygens (including phenoxy) is 2. The third kappa shape index (κ3) is 6.96. The number of hydrogen-bond acceptors (Lipinski definition) is 8. The van der Waals surface area contributed by atoms with Crippen molar-refractivity contribution in [2.75, 3.05) is 32.1 Å². The van der Waals surface area contributed by atoms with E-state index in [0.29, 0.717) is 18.1 Å². The zero-order valence-corrected chi connectivity index (χ0v) is 19.2. The molecule has 9 nitrogen and oxygen atoms in total. The molecule has 0 aliphatic carbocycles. The molecule has 1 aromatic carbocycles. The SMILES string of the molecule is COc1cc(CN2CC[C@@H](Nc3cnc(/C=C/C(=O)NOC4CCCCO4)cn3)C2)ccc1F. The van der Waals surface area contributed by atoms with E-state index in [1.54, 1.807) is 30.6 Å². The second-order valence-corrected chi connectivity index (χ2v) is 8.37. The summed E-state index contributed by atoms with van der Waals surface area (Å²) in [6.07, 6.45) is 9.56. The molecule has 0 bridgehead atoms. The van der Waals surface area contributed by atoms with Crippen molar-refractivity contribution in [3.8, 4) is 5.75 Å². The molecule has 182 valence electrons. The summed E-state index contributed by atoms with van der Waals surface area (Å²) in [5.74, 6) is 0.198. The standard InChI is InChI=1S/C24H30FN5O4/c1-32-21-12-17(5-7-20(21)25)15-30-10-9-19(16-30)28-22-14-26-18(13-27-22)6-8-23(31)29-34-24-4-2-3-11-33-24/h5-8,12-14,19,24H,2-4,9-11,15-16H2,1H3,(H,27,28)(H,29,31)/b8-6+/t19-,24?/m1/s1. The first-order chi connectivity index (χ1) is 16.6. The normalized spacial score (nSPS) is 21.0. The Morgan fingerprint density at radius 1 is 1.29 bits per heavy atom. The lowest BCUT2D eigenvalue weighted by atomic mass is 10.2. The Morgan fingerprint density at radius 2 is 2.21 bits per heavy atom. The molecule has 0 radical (unpaired) electrons. The van der Waals surface area contributed by atoms with Gasteiger partial charge >= 0.3 is 0 Å². The van der Waals surface area contributed by atoms with Gasteiger partial charge in [0.05, 0.1) is 25.2 Å². The first-order valence-corrected chi connectivity index (χ1v) is 11.5. The molecule has 2 saturated heterocycles. The Labute approximate surface area is 198 Å². The Hall–Kier alpha value is -3.08. The number of amides is 1. The summed E-state index contributed by atoms with van der Waals surface area (Å²) in [4.78, 5) is 28.2. The van der Waals surface area contributed by atoms with Gasteiger partial charge in [-0.15, -0.1) is 0 Å². The fourth-order valence-electron chi connectivity index (χ4n) is 3.99. The lowest BCUT2D eigenvalue weighted by Gasteiger charge is -2.21. The van der Waals surface area contributed by atoms with E-state index in [1.807, 2.05) is 0 Å². The fraction of sp³-hybridized carbons (Fsp3) is 0.458. The largest absolute Gasteiger partial charge is 0.494 e. The highest BCUT2D eigenvalue weighted by atomic mass is 19.1. The van der Waals surface area contributed by atoms with Gasteiger partial charge < -0.3 is 14.8 Å². The van der Waals surface area contributed by atoms with Crippen LogP contribution in [0.4, 0.5) is 10.2 Å². The van der Waals surface area contributed by atoms with Gasteiger partial charge in [0, 0.05) is 44.8 Å². The highest BCUT2D eigenvalue weighted by Crippen LogP contribution is 2.22. The van der Waals surface area contributed by atoms with Crippen molar-refractivity contribution in [2.24, 2.45) is 0 Å². The Morgan fingerprint density at radius 3 is 2.97 bits per heavy atom. The average Bonchev–Trinajstić information content (AvgIpc) is 3.30. The number of likely N-dealkylation sites (tertiary alicyclic amines) is 1. The van der Waals surface area contributed by atoms with Gasteiger partial charge in [0.2, 0.25) is 0 Å². The number of hydrogen-bond donors (Lipinski definition) is 2. The lowest BCUT2D eigenvalue weighted by molar-refractivity contribution is -0.198. The fourth-order valence-corrected chi connectivity index (χ4v) is 3.99. The minimum absolute atomic E-state index is 0.239. The molecule has 1 unspecified atom stereocenters. The molecule has 2 aliphatic rings. The van der Waals surface area contributed by atoms with Gasteiger partial charge in [-0.05, 0) is 43.0 Å².